The van der Waals surface area contributed by atoms with Crippen molar-refractivity contribution < 1.29 is 14.3 Å². The first-order valence-corrected chi connectivity index (χ1v) is 10.7. The van der Waals surface area contributed by atoms with Crippen molar-refractivity contribution in [1.82, 2.24) is 0 Å². The Balaban J connectivity index is 1.68. The van der Waals surface area contributed by atoms with Gasteiger partial charge < -0.3 is 14.8 Å². The van der Waals surface area contributed by atoms with Gasteiger partial charge in [0.1, 0.15) is 11.5 Å². The van der Waals surface area contributed by atoms with E-state index < -0.39 is 5.60 Å². The van der Waals surface area contributed by atoms with Gasteiger partial charge in [-0.1, -0.05) is 54.6 Å². The van der Waals surface area contributed by atoms with Gasteiger partial charge in [0, 0.05) is 22.4 Å². The fourth-order valence-corrected chi connectivity index (χ4v) is 4.85. The Kier molecular flexibility index (Phi) is 3.93. The van der Waals surface area contributed by atoms with Crippen LogP contribution in [0.2, 0.25) is 0 Å². The van der Waals surface area contributed by atoms with Crippen LogP contribution in [0.5, 0.6) is 11.5 Å². The molecular formula is C28H21NO3. The molecule has 0 aromatic heterocycles. The first kappa shape index (κ1) is 18.7. The molecule has 0 unspecified atom stereocenters. The lowest BCUT2D eigenvalue weighted by atomic mass is 9.76. The first-order valence-electron chi connectivity index (χ1n) is 10.7. The third-order valence-corrected chi connectivity index (χ3v) is 6.27. The van der Waals surface area contributed by atoms with E-state index in [4.69, 9.17) is 9.47 Å². The third-order valence-electron chi connectivity index (χ3n) is 6.27. The number of hydrogen-bond acceptors (Lipinski definition) is 4. The van der Waals surface area contributed by atoms with Crippen LogP contribution in [0.25, 0.3) is 0 Å². The van der Waals surface area contributed by atoms with E-state index in [0.29, 0.717) is 17.1 Å². The molecule has 2 aliphatic rings. The summed E-state index contributed by atoms with van der Waals surface area (Å²) in [7, 11) is 0. The minimum absolute atomic E-state index is 0.334. The number of hydrogen-bond donors (Lipinski definition) is 1. The number of fused-ring (bicyclic) bond motifs is 6. The molecule has 0 aliphatic carbocycles. The summed E-state index contributed by atoms with van der Waals surface area (Å²) in [6.07, 6.45) is 0. The molecule has 2 heterocycles. The van der Waals surface area contributed by atoms with Crippen LogP contribution in [0.4, 0.5) is 11.4 Å². The van der Waals surface area contributed by atoms with E-state index in [0.717, 1.165) is 39.2 Å². The predicted molar refractivity (Wildman–Crippen MR) is 124 cm³/mol. The monoisotopic (exact) mass is 419 g/mol. The molecule has 2 aliphatic heterocycles. The van der Waals surface area contributed by atoms with Crippen molar-refractivity contribution in [3.05, 3.63) is 118 Å². The summed E-state index contributed by atoms with van der Waals surface area (Å²) in [5.74, 6) is 1.04. The van der Waals surface area contributed by atoms with Crippen LogP contribution in [-0.4, -0.2) is 5.97 Å². The normalized spacial score (nSPS) is 14.8. The fourth-order valence-electron chi connectivity index (χ4n) is 4.85. The topological polar surface area (TPSA) is 47.6 Å². The second kappa shape index (κ2) is 6.72. The van der Waals surface area contributed by atoms with Crippen LogP contribution in [0.3, 0.4) is 0 Å². The quantitative estimate of drug-likeness (QED) is 0.371. The van der Waals surface area contributed by atoms with Crippen molar-refractivity contribution in [1.29, 1.82) is 0 Å². The number of rotatable bonds is 2. The van der Waals surface area contributed by atoms with Crippen LogP contribution < -0.4 is 10.1 Å². The molecule has 156 valence electrons. The maximum absolute atomic E-state index is 13.2. The van der Waals surface area contributed by atoms with Gasteiger partial charge in [-0.15, -0.1) is 0 Å². The molecule has 4 nitrogen and oxygen atoms in total. The largest absolute Gasteiger partial charge is 0.456 e. The lowest BCUT2D eigenvalue weighted by molar-refractivity contribution is 0.0226. The molecule has 0 fully saturated rings. The van der Waals surface area contributed by atoms with Gasteiger partial charge in [0.2, 0.25) is 0 Å². The number of carbonyl (C=O) groups excluding carboxylic acids is 1. The molecule has 0 atom stereocenters. The van der Waals surface area contributed by atoms with Gasteiger partial charge in [0.15, 0.2) is 5.60 Å². The maximum Gasteiger partial charge on any atom is 0.340 e. The average molecular weight is 419 g/mol. The van der Waals surface area contributed by atoms with Crippen LogP contribution in [0, 0.1) is 13.8 Å². The zero-order valence-electron chi connectivity index (χ0n) is 17.8. The highest BCUT2D eigenvalue weighted by atomic mass is 16.6. The van der Waals surface area contributed by atoms with E-state index in [1.54, 1.807) is 0 Å². The van der Waals surface area contributed by atoms with E-state index in [2.05, 4.69) is 24.4 Å². The standard InChI is InChI=1S/C28H21NO3/c1-17-8-7-9-19(16-17)29-26-18(2)14-15-20-25(26)28(32-27(20)30)21-10-3-5-12-23(21)31-24-13-6-4-11-22(24)28/h3-16,29H,1-2H3. The van der Waals surface area contributed by atoms with Gasteiger partial charge >= 0.3 is 5.97 Å². The molecule has 4 aromatic carbocycles. The van der Waals surface area contributed by atoms with Crippen LogP contribution in [0.1, 0.15) is 38.2 Å². The first-order chi connectivity index (χ1) is 15.6. The molecule has 0 radical (unpaired) electrons. The van der Waals surface area contributed by atoms with Gasteiger partial charge in [0.25, 0.3) is 0 Å². The van der Waals surface area contributed by atoms with Crippen LogP contribution in [0.15, 0.2) is 84.9 Å². The number of anilines is 2. The predicted octanol–water partition coefficient (Wildman–Crippen LogP) is 6.62. The van der Waals surface area contributed by atoms with Crippen LogP contribution >= 0.6 is 0 Å². The zero-order valence-corrected chi connectivity index (χ0v) is 17.8. The summed E-state index contributed by atoms with van der Waals surface area (Å²) < 4.78 is 12.5. The van der Waals surface area contributed by atoms with Crippen molar-refractivity contribution in [2.45, 2.75) is 19.4 Å². The lowest BCUT2D eigenvalue weighted by Crippen LogP contribution is -2.33. The highest BCUT2D eigenvalue weighted by Gasteiger charge is 2.55. The molecule has 32 heavy (non-hydrogen) atoms. The minimum atomic E-state index is -1.09. The number of nitrogens with one attached hydrogen (secondary N) is 1. The molecular weight excluding hydrogens is 398 g/mol. The van der Waals surface area contributed by atoms with E-state index in [-0.39, 0.29) is 5.97 Å². The van der Waals surface area contributed by atoms with Crippen molar-refractivity contribution in [3.63, 3.8) is 0 Å². The van der Waals surface area contributed by atoms with E-state index in [1.807, 2.05) is 79.7 Å². The highest BCUT2D eigenvalue weighted by molar-refractivity contribution is 6.00. The van der Waals surface area contributed by atoms with Crippen molar-refractivity contribution in [2.75, 3.05) is 5.32 Å². The molecule has 0 saturated heterocycles. The van der Waals surface area contributed by atoms with Crippen LogP contribution in [-0.2, 0) is 10.3 Å². The smallest absolute Gasteiger partial charge is 0.340 e. The second-order valence-corrected chi connectivity index (χ2v) is 8.34. The summed E-state index contributed by atoms with van der Waals surface area (Å²) in [5, 5.41) is 3.59. The molecule has 0 saturated carbocycles. The summed E-state index contributed by atoms with van der Waals surface area (Å²) in [6.45, 7) is 4.11. The van der Waals surface area contributed by atoms with E-state index in [1.165, 1.54) is 0 Å². The Hall–Kier alpha value is -4.05. The molecule has 4 heteroatoms. The van der Waals surface area contributed by atoms with E-state index >= 15 is 0 Å². The molecule has 0 bridgehead atoms. The second-order valence-electron chi connectivity index (χ2n) is 8.34. The van der Waals surface area contributed by atoms with E-state index in [9.17, 15) is 4.79 Å². The van der Waals surface area contributed by atoms with Gasteiger partial charge in [-0.05, 0) is 55.3 Å². The molecule has 1 N–H and O–H groups in total. The van der Waals surface area contributed by atoms with Crippen molar-refractivity contribution >= 4 is 17.3 Å². The number of para-hydroxylation sites is 2. The zero-order chi connectivity index (χ0) is 21.9. The van der Waals surface area contributed by atoms with Crippen molar-refractivity contribution in [3.8, 4) is 11.5 Å². The molecule has 6 rings (SSSR count). The Morgan fingerprint density at radius 3 is 2.16 bits per heavy atom. The number of benzene rings is 4. The summed E-state index contributed by atoms with van der Waals surface area (Å²) in [6, 6.07) is 27.6. The summed E-state index contributed by atoms with van der Waals surface area (Å²) in [4.78, 5) is 13.2. The number of aryl methyl sites for hydroxylation is 2. The van der Waals surface area contributed by atoms with Gasteiger partial charge in [0.05, 0.1) is 11.3 Å². The van der Waals surface area contributed by atoms with Crippen molar-refractivity contribution in [2.24, 2.45) is 0 Å². The Bertz CT molecular complexity index is 1360. The number of ether oxygens (including phenoxy) is 2. The number of carbonyl (C=O) groups is 1. The fraction of sp³-hybridized carbons (Fsp3) is 0.107. The highest BCUT2D eigenvalue weighted by Crippen LogP contribution is 2.58. The Morgan fingerprint density at radius 1 is 0.781 bits per heavy atom. The third kappa shape index (κ3) is 2.53. The summed E-state index contributed by atoms with van der Waals surface area (Å²) >= 11 is 0. The molecule has 0 amide bonds. The lowest BCUT2D eigenvalue weighted by Gasteiger charge is -2.37. The Morgan fingerprint density at radius 2 is 1.47 bits per heavy atom. The number of esters is 1. The Labute approximate surface area is 186 Å². The van der Waals surface area contributed by atoms with Gasteiger partial charge in [-0.3, -0.25) is 0 Å². The molecule has 4 aromatic rings. The minimum Gasteiger partial charge on any atom is -0.456 e. The molecule has 1 spiro atoms. The van der Waals surface area contributed by atoms with Gasteiger partial charge in [-0.2, -0.15) is 0 Å². The summed E-state index contributed by atoms with van der Waals surface area (Å²) in [5.41, 5.74) is 5.98. The SMILES string of the molecule is Cc1cccc(Nc2c(C)ccc3c2C2(OC3=O)c3ccccc3Oc3ccccc32)c1. The average Bonchev–Trinajstić information content (AvgIpc) is 3.09. The maximum atomic E-state index is 13.2. The van der Waals surface area contributed by atoms with Gasteiger partial charge in [-0.25, -0.2) is 4.79 Å².